The lowest BCUT2D eigenvalue weighted by Crippen LogP contribution is -2.01. The third kappa shape index (κ3) is 3.65. The van der Waals surface area contributed by atoms with E-state index in [2.05, 4.69) is 10.3 Å². The van der Waals surface area contributed by atoms with Gasteiger partial charge in [0.25, 0.3) is 0 Å². The summed E-state index contributed by atoms with van der Waals surface area (Å²) in [5.41, 5.74) is 3.20. The normalized spacial score (nSPS) is 15.0. The number of anilines is 1. The van der Waals surface area contributed by atoms with Gasteiger partial charge in [0.2, 0.25) is 0 Å². The van der Waals surface area contributed by atoms with Gasteiger partial charge in [-0.25, -0.2) is 4.98 Å². The Morgan fingerprint density at radius 3 is 3.05 bits per heavy atom. The van der Waals surface area contributed by atoms with E-state index in [1.807, 2.05) is 29.5 Å². The summed E-state index contributed by atoms with van der Waals surface area (Å²) in [6.45, 7) is 0.730. The number of nitrogens with one attached hydrogen (secondary N) is 1. The summed E-state index contributed by atoms with van der Waals surface area (Å²) >= 11 is 7.95. The van der Waals surface area contributed by atoms with Crippen LogP contribution in [0.3, 0.4) is 0 Å². The molecule has 3 rings (SSSR count). The van der Waals surface area contributed by atoms with Crippen molar-refractivity contribution in [2.45, 2.75) is 31.6 Å². The first-order chi connectivity index (χ1) is 10.1. The van der Waals surface area contributed by atoms with Crippen LogP contribution in [0.1, 0.15) is 27.6 Å². The highest BCUT2D eigenvalue weighted by atomic mass is 35.5. The fourth-order valence-electron chi connectivity index (χ4n) is 2.51. The molecule has 1 N–H and O–H groups in total. The molecule has 0 bridgehead atoms. The lowest BCUT2D eigenvalue weighted by molar-refractivity contribution is 0.686. The van der Waals surface area contributed by atoms with Crippen molar-refractivity contribution in [1.29, 1.82) is 0 Å². The van der Waals surface area contributed by atoms with Crippen molar-refractivity contribution in [2.75, 3.05) is 11.6 Å². The molecule has 1 aliphatic rings. The smallest absolute Gasteiger partial charge is 0.112 e. The van der Waals surface area contributed by atoms with E-state index >= 15 is 0 Å². The van der Waals surface area contributed by atoms with Gasteiger partial charge >= 0.3 is 0 Å². The topological polar surface area (TPSA) is 42.0 Å². The number of aromatic nitrogens is 1. The van der Waals surface area contributed by atoms with Crippen molar-refractivity contribution in [2.24, 2.45) is 0 Å². The molecule has 0 saturated carbocycles. The van der Waals surface area contributed by atoms with E-state index < -0.39 is 10.8 Å². The summed E-state index contributed by atoms with van der Waals surface area (Å²) in [5, 5.41) is 5.19. The Kier molecular flexibility index (Phi) is 4.62. The third-order valence-electron chi connectivity index (χ3n) is 3.49. The van der Waals surface area contributed by atoms with Gasteiger partial charge < -0.3 is 5.32 Å². The zero-order valence-electron chi connectivity index (χ0n) is 11.8. The van der Waals surface area contributed by atoms with E-state index in [1.54, 1.807) is 6.26 Å². The van der Waals surface area contributed by atoms with Crippen molar-refractivity contribution >= 4 is 39.4 Å². The van der Waals surface area contributed by atoms with Crippen LogP contribution in [0.15, 0.2) is 18.2 Å². The number of benzene rings is 1. The average Bonchev–Trinajstić information content (AvgIpc) is 3.00. The first-order valence-corrected chi connectivity index (χ1v) is 9.84. The highest BCUT2D eigenvalue weighted by Crippen LogP contribution is 2.28. The highest BCUT2D eigenvalue weighted by molar-refractivity contribution is 7.83. The van der Waals surface area contributed by atoms with E-state index in [0.717, 1.165) is 29.2 Å². The van der Waals surface area contributed by atoms with E-state index in [0.29, 0.717) is 10.8 Å². The highest BCUT2D eigenvalue weighted by Gasteiger charge is 2.16. The van der Waals surface area contributed by atoms with Crippen LogP contribution in [-0.4, -0.2) is 15.4 Å². The second kappa shape index (κ2) is 6.46. The van der Waals surface area contributed by atoms with E-state index in [4.69, 9.17) is 11.6 Å². The molecule has 3 nitrogen and oxygen atoms in total. The number of hydrogen-bond acceptors (Lipinski definition) is 4. The molecule has 0 fully saturated rings. The second-order valence-electron chi connectivity index (χ2n) is 5.21. The minimum Gasteiger partial charge on any atom is -0.379 e. The van der Waals surface area contributed by atoms with Gasteiger partial charge in [-0.05, 0) is 43.0 Å². The Hall–Kier alpha value is -0.910. The number of hydrogen-bond donors (Lipinski definition) is 1. The number of halogens is 1. The van der Waals surface area contributed by atoms with Crippen molar-refractivity contribution < 1.29 is 4.21 Å². The molecule has 0 saturated heterocycles. The average molecular weight is 341 g/mol. The van der Waals surface area contributed by atoms with Crippen LogP contribution in [0.4, 0.5) is 5.69 Å². The molecule has 0 spiro atoms. The van der Waals surface area contributed by atoms with Gasteiger partial charge in [-0.3, -0.25) is 4.21 Å². The molecule has 1 aliphatic carbocycles. The first-order valence-electron chi connectivity index (χ1n) is 6.91. The first kappa shape index (κ1) is 15.0. The molecule has 0 amide bonds. The Balaban J connectivity index is 1.68. The zero-order valence-corrected chi connectivity index (χ0v) is 14.2. The predicted molar refractivity (Wildman–Crippen MR) is 90.7 cm³/mol. The quantitative estimate of drug-likeness (QED) is 0.900. The van der Waals surface area contributed by atoms with Crippen molar-refractivity contribution in [3.05, 3.63) is 44.4 Å². The van der Waals surface area contributed by atoms with E-state index in [1.165, 1.54) is 23.4 Å². The number of aryl methyl sites for hydroxylation is 2. The Morgan fingerprint density at radius 2 is 2.29 bits per heavy atom. The van der Waals surface area contributed by atoms with Crippen LogP contribution < -0.4 is 5.32 Å². The van der Waals surface area contributed by atoms with Crippen LogP contribution in [0.2, 0.25) is 5.02 Å². The maximum Gasteiger partial charge on any atom is 0.112 e. The molecule has 1 unspecified atom stereocenters. The molecule has 1 heterocycles. The maximum atomic E-state index is 11.4. The van der Waals surface area contributed by atoms with Crippen molar-refractivity contribution in [1.82, 2.24) is 4.98 Å². The molecule has 0 radical (unpaired) electrons. The molecule has 1 atom stereocenters. The summed E-state index contributed by atoms with van der Waals surface area (Å²) in [4.78, 5) is 6.12. The fourth-order valence-corrected chi connectivity index (χ4v) is 4.55. The lowest BCUT2D eigenvalue weighted by atomic mass is 10.2. The zero-order chi connectivity index (χ0) is 14.8. The van der Waals surface area contributed by atoms with Gasteiger partial charge in [0, 0.05) is 38.4 Å². The molecule has 6 heteroatoms. The van der Waals surface area contributed by atoms with Crippen LogP contribution >= 0.6 is 22.9 Å². The third-order valence-corrected chi connectivity index (χ3v) is 5.73. The Morgan fingerprint density at radius 1 is 1.43 bits per heavy atom. The van der Waals surface area contributed by atoms with Gasteiger partial charge in [-0.2, -0.15) is 0 Å². The molecular formula is C15H17ClN2OS2. The van der Waals surface area contributed by atoms with E-state index in [9.17, 15) is 4.21 Å². The second-order valence-corrected chi connectivity index (χ2v) is 8.22. The van der Waals surface area contributed by atoms with Gasteiger partial charge in [-0.15, -0.1) is 11.3 Å². The number of thiazole rings is 1. The Bertz CT molecular complexity index is 663. The fraction of sp³-hybridized carbons (Fsp3) is 0.400. The summed E-state index contributed by atoms with van der Waals surface area (Å²) in [6.07, 6.45) is 5.24. The van der Waals surface area contributed by atoms with Crippen LogP contribution in [0.25, 0.3) is 0 Å². The molecule has 112 valence electrons. The number of fused-ring (bicyclic) bond motifs is 1. The molecule has 1 aromatic carbocycles. The van der Waals surface area contributed by atoms with Crippen LogP contribution in [-0.2, 0) is 35.9 Å². The van der Waals surface area contributed by atoms with Gasteiger partial charge in [0.15, 0.2) is 0 Å². The van der Waals surface area contributed by atoms with Crippen LogP contribution in [0.5, 0.6) is 0 Å². The molecule has 2 aromatic rings. The predicted octanol–water partition coefficient (Wildman–Crippen LogP) is 3.78. The summed E-state index contributed by atoms with van der Waals surface area (Å²) in [7, 11) is -0.891. The summed E-state index contributed by atoms with van der Waals surface area (Å²) in [6, 6.07) is 5.78. The molecular weight excluding hydrogens is 324 g/mol. The minimum atomic E-state index is -0.891. The standard InChI is InChI=1S/C15H17ClN2OS2/c1-21(19)9-10-7-11(5-6-12(10)16)17-8-15-18-13-3-2-4-14(13)20-15/h5-7,17H,2-4,8-9H2,1H3. The maximum absolute atomic E-state index is 11.4. The van der Waals surface area contributed by atoms with Crippen LogP contribution in [0, 0.1) is 0 Å². The monoisotopic (exact) mass is 340 g/mol. The minimum absolute atomic E-state index is 0.486. The lowest BCUT2D eigenvalue weighted by Gasteiger charge is -2.08. The van der Waals surface area contributed by atoms with Gasteiger partial charge in [0.05, 0.1) is 12.2 Å². The number of rotatable bonds is 5. The molecule has 21 heavy (non-hydrogen) atoms. The van der Waals surface area contributed by atoms with Gasteiger partial charge in [-0.1, -0.05) is 11.6 Å². The van der Waals surface area contributed by atoms with Crippen molar-refractivity contribution in [3.63, 3.8) is 0 Å². The Labute approximate surface area is 136 Å². The largest absolute Gasteiger partial charge is 0.379 e. The molecule has 0 aliphatic heterocycles. The summed E-state index contributed by atoms with van der Waals surface area (Å²) < 4.78 is 11.4. The molecule has 1 aromatic heterocycles. The van der Waals surface area contributed by atoms with Gasteiger partial charge in [0.1, 0.15) is 5.01 Å². The van der Waals surface area contributed by atoms with Crippen molar-refractivity contribution in [3.8, 4) is 0 Å². The summed E-state index contributed by atoms with van der Waals surface area (Å²) in [5.74, 6) is 0.486. The van der Waals surface area contributed by atoms with E-state index in [-0.39, 0.29) is 0 Å². The SMILES string of the molecule is CS(=O)Cc1cc(NCc2nc3c(s2)CCC3)ccc1Cl. The number of nitrogens with zero attached hydrogens (tertiary/aromatic N) is 1.